The molecule has 0 fully saturated rings. The molecule has 5 heteroatoms. The van der Waals surface area contributed by atoms with Gasteiger partial charge in [0.25, 0.3) is 5.91 Å². The summed E-state index contributed by atoms with van der Waals surface area (Å²) in [6, 6.07) is 10.0. The summed E-state index contributed by atoms with van der Waals surface area (Å²) < 4.78 is 5.68. The maximum atomic E-state index is 12.0. The number of fused-ring (bicyclic) bond motifs is 2. The zero-order valence-corrected chi connectivity index (χ0v) is 10.5. The lowest BCUT2D eigenvalue weighted by atomic mass is 10.2. The second kappa shape index (κ2) is 4.19. The van der Waals surface area contributed by atoms with Crippen molar-refractivity contribution in [2.45, 2.75) is 0 Å². The first-order valence-corrected chi connectivity index (χ1v) is 5.98. The van der Waals surface area contributed by atoms with E-state index in [1.165, 1.54) is 0 Å². The number of hydrogen-bond donors (Lipinski definition) is 1. The van der Waals surface area contributed by atoms with E-state index >= 15 is 0 Å². The summed E-state index contributed by atoms with van der Waals surface area (Å²) >= 11 is 11.9. The quantitative estimate of drug-likeness (QED) is 0.779. The van der Waals surface area contributed by atoms with E-state index in [4.69, 9.17) is 27.9 Å². The zero-order valence-electron chi connectivity index (χ0n) is 9.04. The molecular weight excluding hydrogens is 273 g/mol. The van der Waals surface area contributed by atoms with Crippen LogP contribution in [0, 0.1) is 0 Å². The third kappa shape index (κ3) is 1.82. The van der Waals surface area contributed by atoms with Crippen molar-refractivity contribution in [1.29, 1.82) is 0 Å². The fraction of sp³-hybridized carbons (Fsp3) is 0. The SMILES string of the molecule is O=C1Nc2cc(Cl)ccc2Oc2c(Cl)cccc21. The fourth-order valence-corrected chi connectivity index (χ4v) is 2.17. The van der Waals surface area contributed by atoms with Crippen LogP contribution in [0.1, 0.15) is 10.4 Å². The molecule has 0 unspecified atom stereocenters. The Hall–Kier alpha value is -1.71. The molecule has 3 nitrogen and oxygen atoms in total. The van der Waals surface area contributed by atoms with Gasteiger partial charge in [-0.15, -0.1) is 0 Å². The van der Waals surface area contributed by atoms with E-state index in [-0.39, 0.29) is 5.91 Å². The molecule has 0 bridgehead atoms. The summed E-state index contributed by atoms with van der Waals surface area (Å²) in [5, 5.41) is 3.66. The van der Waals surface area contributed by atoms with Crippen LogP contribution >= 0.6 is 23.2 Å². The van der Waals surface area contributed by atoms with Gasteiger partial charge in [0.2, 0.25) is 0 Å². The maximum Gasteiger partial charge on any atom is 0.259 e. The Bertz CT molecular complexity index is 655. The van der Waals surface area contributed by atoms with E-state index in [2.05, 4.69) is 5.32 Å². The summed E-state index contributed by atoms with van der Waals surface area (Å²) in [5.74, 6) is 0.603. The molecule has 90 valence electrons. The predicted octanol–water partition coefficient (Wildman–Crippen LogP) is 4.35. The molecule has 0 spiro atoms. The highest BCUT2D eigenvalue weighted by molar-refractivity contribution is 6.33. The fourth-order valence-electron chi connectivity index (χ4n) is 1.78. The lowest BCUT2D eigenvalue weighted by molar-refractivity contribution is 0.102. The molecule has 0 aromatic heterocycles. The van der Waals surface area contributed by atoms with Crippen LogP contribution < -0.4 is 10.1 Å². The largest absolute Gasteiger partial charge is 0.453 e. The Morgan fingerprint density at radius 1 is 1.11 bits per heavy atom. The van der Waals surface area contributed by atoms with Gasteiger partial charge >= 0.3 is 0 Å². The number of carbonyl (C=O) groups excluding carboxylic acids is 1. The highest BCUT2D eigenvalue weighted by Gasteiger charge is 2.22. The zero-order chi connectivity index (χ0) is 12.7. The summed E-state index contributed by atoms with van der Waals surface area (Å²) in [6.07, 6.45) is 0. The van der Waals surface area contributed by atoms with E-state index in [1.54, 1.807) is 36.4 Å². The number of anilines is 1. The second-order valence-electron chi connectivity index (χ2n) is 3.81. The number of carbonyl (C=O) groups is 1. The average molecular weight is 280 g/mol. The monoisotopic (exact) mass is 279 g/mol. The van der Waals surface area contributed by atoms with Crippen molar-refractivity contribution >= 4 is 34.8 Å². The van der Waals surface area contributed by atoms with Gasteiger partial charge in [0.1, 0.15) is 0 Å². The molecule has 3 rings (SSSR count). The third-order valence-corrected chi connectivity index (χ3v) is 3.15. The van der Waals surface area contributed by atoms with Gasteiger partial charge in [0.05, 0.1) is 16.3 Å². The smallest absolute Gasteiger partial charge is 0.259 e. The van der Waals surface area contributed by atoms with Crippen molar-refractivity contribution in [2.75, 3.05) is 5.32 Å². The van der Waals surface area contributed by atoms with Crippen LogP contribution in [0.25, 0.3) is 0 Å². The van der Waals surface area contributed by atoms with Crippen molar-refractivity contribution in [3.8, 4) is 11.5 Å². The Labute approximate surface area is 113 Å². The van der Waals surface area contributed by atoms with Crippen LogP contribution in [0.15, 0.2) is 36.4 Å². The molecule has 0 saturated heterocycles. The van der Waals surface area contributed by atoms with E-state index in [1.807, 2.05) is 0 Å². The minimum absolute atomic E-state index is 0.270. The number of para-hydroxylation sites is 1. The van der Waals surface area contributed by atoms with Crippen LogP contribution in [-0.4, -0.2) is 5.91 Å². The van der Waals surface area contributed by atoms with Crippen LogP contribution in [0.3, 0.4) is 0 Å². The van der Waals surface area contributed by atoms with Gasteiger partial charge in [0.15, 0.2) is 11.5 Å². The van der Waals surface area contributed by atoms with Gasteiger partial charge in [-0.25, -0.2) is 0 Å². The van der Waals surface area contributed by atoms with Crippen molar-refractivity contribution in [1.82, 2.24) is 0 Å². The van der Waals surface area contributed by atoms with Gasteiger partial charge in [-0.1, -0.05) is 29.3 Å². The number of rotatable bonds is 0. The first kappa shape index (κ1) is 11.4. The highest BCUT2D eigenvalue weighted by atomic mass is 35.5. The lowest BCUT2D eigenvalue weighted by Crippen LogP contribution is -2.10. The average Bonchev–Trinajstić information content (AvgIpc) is 2.47. The normalized spacial score (nSPS) is 12.9. The minimum Gasteiger partial charge on any atom is -0.453 e. The highest BCUT2D eigenvalue weighted by Crippen LogP contribution is 2.40. The Morgan fingerprint density at radius 2 is 1.94 bits per heavy atom. The molecule has 0 radical (unpaired) electrons. The van der Waals surface area contributed by atoms with Crippen LogP contribution in [0.5, 0.6) is 11.5 Å². The van der Waals surface area contributed by atoms with Crippen molar-refractivity contribution < 1.29 is 9.53 Å². The lowest BCUT2D eigenvalue weighted by Gasteiger charge is -2.08. The van der Waals surface area contributed by atoms with Gasteiger partial charge in [0, 0.05) is 5.02 Å². The number of hydrogen-bond acceptors (Lipinski definition) is 2. The molecule has 2 aromatic carbocycles. The molecule has 0 saturated carbocycles. The molecule has 1 aliphatic rings. The minimum atomic E-state index is -0.270. The van der Waals surface area contributed by atoms with Gasteiger partial charge in [-0.05, 0) is 30.3 Å². The Balaban J connectivity index is 2.20. The number of nitrogens with one attached hydrogen (secondary N) is 1. The standard InChI is InChI=1S/C13H7Cl2NO2/c14-7-4-5-11-10(6-7)16-13(17)8-2-1-3-9(15)12(8)18-11/h1-6H,(H,16,17). The van der Waals surface area contributed by atoms with E-state index in [9.17, 15) is 4.79 Å². The second-order valence-corrected chi connectivity index (χ2v) is 4.66. The molecule has 1 N–H and O–H groups in total. The van der Waals surface area contributed by atoms with Gasteiger partial charge in [-0.3, -0.25) is 4.79 Å². The third-order valence-electron chi connectivity index (χ3n) is 2.61. The molecule has 18 heavy (non-hydrogen) atoms. The number of amides is 1. The van der Waals surface area contributed by atoms with Crippen LogP contribution in [0.2, 0.25) is 10.0 Å². The first-order valence-electron chi connectivity index (χ1n) is 5.22. The Morgan fingerprint density at radius 3 is 2.78 bits per heavy atom. The maximum absolute atomic E-state index is 12.0. The predicted molar refractivity (Wildman–Crippen MR) is 70.9 cm³/mol. The molecular formula is C13H7Cl2NO2. The molecule has 0 atom stereocenters. The first-order chi connectivity index (χ1) is 8.65. The van der Waals surface area contributed by atoms with Crippen LogP contribution in [-0.2, 0) is 0 Å². The summed E-state index contributed by atoms with van der Waals surface area (Å²) in [7, 11) is 0. The van der Waals surface area contributed by atoms with Crippen molar-refractivity contribution in [3.63, 3.8) is 0 Å². The summed E-state index contributed by atoms with van der Waals surface area (Å²) in [4.78, 5) is 12.0. The molecule has 0 aliphatic carbocycles. The topological polar surface area (TPSA) is 38.3 Å². The molecule has 1 heterocycles. The van der Waals surface area contributed by atoms with E-state index in [0.717, 1.165) is 0 Å². The Kier molecular flexibility index (Phi) is 2.65. The van der Waals surface area contributed by atoms with E-state index < -0.39 is 0 Å². The summed E-state index contributed by atoms with van der Waals surface area (Å²) in [6.45, 7) is 0. The number of benzene rings is 2. The van der Waals surface area contributed by atoms with Crippen LogP contribution in [0.4, 0.5) is 5.69 Å². The van der Waals surface area contributed by atoms with Gasteiger partial charge < -0.3 is 10.1 Å². The van der Waals surface area contributed by atoms with Crippen molar-refractivity contribution in [3.05, 3.63) is 52.0 Å². The molecule has 2 aromatic rings. The van der Waals surface area contributed by atoms with Crippen molar-refractivity contribution in [2.24, 2.45) is 0 Å². The molecule has 1 aliphatic heterocycles. The number of halogens is 2. The van der Waals surface area contributed by atoms with E-state index in [0.29, 0.717) is 32.8 Å². The number of ether oxygens (including phenoxy) is 1. The van der Waals surface area contributed by atoms with Gasteiger partial charge in [-0.2, -0.15) is 0 Å². The molecule has 1 amide bonds. The summed E-state index contributed by atoms with van der Waals surface area (Å²) in [5.41, 5.74) is 0.926.